The van der Waals surface area contributed by atoms with Crippen molar-refractivity contribution in [1.29, 1.82) is 0 Å². The molecule has 0 heterocycles. The van der Waals surface area contributed by atoms with Crippen LogP contribution in [0.5, 0.6) is 5.75 Å². The summed E-state index contributed by atoms with van der Waals surface area (Å²) < 4.78 is 9.99. The zero-order valence-electron chi connectivity index (χ0n) is 10.2. The molecular formula is C12H15NO5. The van der Waals surface area contributed by atoms with Crippen molar-refractivity contribution >= 4 is 17.6 Å². The first kappa shape index (κ1) is 14.0. The predicted octanol–water partition coefficient (Wildman–Crippen LogP) is 1.37. The van der Waals surface area contributed by atoms with Crippen LogP contribution in [0.4, 0.5) is 5.69 Å². The number of aromatic carboxylic acids is 1. The summed E-state index contributed by atoms with van der Waals surface area (Å²) >= 11 is 0. The molecular weight excluding hydrogens is 238 g/mol. The van der Waals surface area contributed by atoms with E-state index >= 15 is 0 Å². The van der Waals surface area contributed by atoms with Crippen molar-refractivity contribution in [2.75, 3.05) is 25.6 Å². The minimum absolute atomic E-state index is 0.0718. The summed E-state index contributed by atoms with van der Waals surface area (Å²) in [4.78, 5) is 22.3. The van der Waals surface area contributed by atoms with Gasteiger partial charge in [-0.2, -0.15) is 0 Å². The van der Waals surface area contributed by atoms with E-state index in [1.807, 2.05) is 0 Å². The van der Waals surface area contributed by atoms with E-state index in [0.29, 0.717) is 18.0 Å². The lowest BCUT2D eigenvalue weighted by molar-refractivity contribution is -0.120. The summed E-state index contributed by atoms with van der Waals surface area (Å²) in [5.74, 6) is -1.04. The molecule has 6 nitrogen and oxygen atoms in total. The number of carbonyl (C=O) groups is 2. The minimum atomic E-state index is -1.07. The molecule has 0 bridgehead atoms. The van der Waals surface area contributed by atoms with Crippen LogP contribution in [0.2, 0.25) is 0 Å². The third kappa shape index (κ3) is 3.74. The molecule has 0 aliphatic heterocycles. The molecule has 1 aromatic carbocycles. The second kappa shape index (κ2) is 6.61. The lowest BCUT2D eigenvalue weighted by Crippen LogP contribution is -2.19. The van der Waals surface area contributed by atoms with Gasteiger partial charge in [0.2, 0.25) is 5.91 Å². The molecule has 18 heavy (non-hydrogen) atoms. The number of hydrogen-bond acceptors (Lipinski definition) is 4. The van der Waals surface area contributed by atoms with Crippen LogP contribution in [0.25, 0.3) is 0 Å². The summed E-state index contributed by atoms with van der Waals surface area (Å²) in [5, 5.41) is 11.4. The number of methoxy groups -OCH3 is 1. The second-order valence-electron chi connectivity index (χ2n) is 3.41. The number of carboxylic acids is 1. The summed E-state index contributed by atoms with van der Waals surface area (Å²) in [6.45, 7) is 2.12. The number of nitrogens with one attached hydrogen (secondary N) is 1. The van der Waals surface area contributed by atoms with Crippen molar-refractivity contribution in [2.45, 2.75) is 6.92 Å². The van der Waals surface area contributed by atoms with Gasteiger partial charge < -0.3 is 19.9 Å². The lowest BCUT2D eigenvalue weighted by atomic mass is 10.2. The first-order valence-corrected chi connectivity index (χ1v) is 5.37. The Morgan fingerprint density at radius 3 is 2.67 bits per heavy atom. The molecule has 2 N–H and O–H groups in total. The van der Waals surface area contributed by atoms with Gasteiger partial charge in [-0.15, -0.1) is 0 Å². The van der Waals surface area contributed by atoms with Gasteiger partial charge in [-0.25, -0.2) is 4.79 Å². The molecule has 98 valence electrons. The topological polar surface area (TPSA) is 84.9 Å². The van der Waals surface area contributed by atoms with Crippen molar-refractivity contribution in [3.63, 3.8) is 0 Å². The lowest BCUT2D eigenvalue weighted by Gasteiger charge is -2.10. The maximum atomic E-state index is 11.5. The standard InChI is InChI=1S/C12H15NO5/c1-3-18-7-11(14)13-9-6-8(12(15)16)4-5-10(9)17-2/h4-6H,3,7H2,1-2H3,(H,13,14)(H,15,16). The monoisotopic (exact) mass is 253 g/mol. The Morgan fingerprint density at radius 2 is 2.11 bits per heavy atom. The smallest absolute Gasteiger partial charge is 0.335 e. The molecule has 0 aliphatic rings. The van der Waals surface area contributed by atoms with E-state index in [9.17, 15) is 9.59 Å². The van der Waals surface area contributed by atoms with Crippen LogP contribution in [0.1, 0.15) is 17.3 Å². The summed E-state index contributed by atoms with van der Waals surface area (Å²) in [7, 11) is 1.44. The van der Waals surface area contributed by atoms with E-state index in [1.54, 1.807) is 6.92 Å². The molecule has 1 rings (SSSR count). The summed E-state index contributed by atoms with van der Waals surface area (Å²) in [6.07, 6.45) is 0. The normalized spacial score (nSPS) is 9.89. The highest BCUT2D eigenvalue weighted by Crippen LogP contribution is 2.25. The van der Waals surface area contributed by atoms with Crippen molar-refractivity contribution < 1.29 is 24.2 Å². The molecule has 0 aromatic heterocycles. The molecule has 0 spiro atoms. The maximum Gasteiger partial charge on any atom is 0.335 e. The van der Waals surface area contributed by atoms with E-state index < -0.39 is 5.97 Å². The number of benzene rings is 1. The third-order valence-electron chi connectivity index (χ3n) is 2.16. The molecule has 0 saturated carbocycles. The number of carboxylic acid groups (broad SMARTS) is 1. The average molecular weight is 253 g/mol. The maximum absolute atomic E-state index is 11.5. The van der Waals surface area contributed by atoms with Crippen LogP contribution >= 0.6 is 0 Å². The van der Waals surface area contributed by atoms with E-state index in [-0.39, 0.29) is 18.1 Å². The highest BCUT2D eigenvalue weighted by Gasteiger charge is 2.11. The largest absolute Gasteiger partial charge is 0.495 e. The average Bonchev–Trinajstić information content (AvgIpc) is 2.36. The fraction of sp³-hybridized carbons (Fsp3) is 0.333. The Morgan fingerprint density at radius 1 is 1.39 bits per heavy atom. The van der Waals surface area contributed by atoms with Crippen molar-refractivity contribution in [2.24, 2.45) is 0 Å². The van der Waals surface area contributed by atoms with Crippen LogP contribution in [-0.4, -0.2) is 37.3 Å². The van der Waals surface area contributed by atoms with Gasteiger partial charge in [0, 0.05) is 6.61 Å². The van der Waals surface area contributed by atoms with Crippen LogP contribution in [0.15, 0.2) is 18.2 Å². The Kier molecular flexibility index (Phi) is 5.13. The highest BCUT2D eigenvalue weighted by molar-refractivity contribution is 5.96. The van der Waals surface area contributed by atoms with Crippen LogP contribution in [-0.2, 0) is 9.53 Å². The second-order valence-corrected chi connectivity index (χ2v) is 3.41. The fourth-order valence-corrected chi connectivity index (χ4v) is 1.32. The van der Waals surface area contributed by atoms with E-state index in [4.69, 9.17) is 14.6 Å². The Hall–Kier alpha value is -2.08. The van der Waals surface area contributed by atoms with Gasteiger partial charge in [-0.1, -0.05) is 0 Å². The molecule has 0 aliphatic carbocycles. The van der Waals surface area contributed by atoms with Gasteiger partial charge in [-0.05, 0) is 25.1 Å². The van der Waals surface area contributed by atoms with E-state index in [1.165, 1.54) is 25.3 Å². The first-order valence-electron chi connectivity index (χ1n) is 5.37. The number of hydrogen-bond donors (Lipinski definition) is 2. The zero-order chi connectivity index (χ0) is 13.5. The number of anilines is 1. The van der Waals surface area contributed by atoms with E-state index in [0.717, 1.165) is 0 Å². The summed E-state index contributed by atoms with van der Waals surface area (Å²) in [5.41, 5.74) is 0.379. The van der Waals surface area contributed by atoms with Crippen molar-refractivity contribution in [3.8, 4) is 5.75 Å². The molecule has 1 amide bonds. The molecule has 0 saturated heterocycles. The van der Waals surface area contributed by atoms with Gasteiger partial charge in [0.25, 0.3) is 0 Å². The minimum Gasteiger partial charge on any atom is -0.495 e. The van der Waals surface area contributed by atoms with Crippen molar-refractivity contribution in [1.82, 2.24) is 0 Å². The number of amides is 1. The fourth-order valence-electron chi connectivity index (χ4n) is 1.32. The Balaban J connectivity index is 2.87. The van der Waals surface area contributed by atoms with Gasteiger partial charge in [-0.3, -0.25) is 4.79 Å². The van der Waals surface area contributed by atoms with Gasteiger partial charge in [0.1, 0.15) is 12.4 Å². The van der Waals surface area contributed by atoms with E-state index in [2.05, 4.69) is 5.32 Å². The number of carbonyl (C=O) groups excluding carboxylic acids is 1. The summed E-state index contributed by atoms with van der Waals surface area (Å²) in [6, 6.07) is 4.23. The van der Waals surface area contributed by atoms with Gasteiger partial charge >= 0.3 is 5.97 Å². The molecule has 1 aromatic rings. The van der Waals surface area contributed by atoms with Crippen LogP contribution < -0.4 is 10.1 Å². The first-order chi connectivity index (χ1) is 8.58. The molecule has 0 atom stereocenters. The molecule has 6 heteroatoms. The van der Waals surface area contributed by atoms with Crippen LogP contribution in [0, 0.1) is 0 Å². The van der Waals surface area contributed by atoms with Gasteiger partial charge in [0.05, 0.1) is 18.4 Å². The molecule has 0 unspecified atom stereocenters. The quantitative estimate of drug-likeness (QED) is 0.799. The molecule has 0 radical (unpaired) electrons. The third-order valence-corrected chi connectivity index (χ3v) is 2.16. The Bertz CT molecular complexity index is 444. The predicted molar refractivity (Wildman–Crippen MR) is 65.1 cm³/mol. The SMILES string of the molecule is CCOCC(=O)Nc1cc(C(=O)O)ccc1OC. The number of rotatable bonds is 6. The van der Waals surface area contributed by atoms with Crippen LogP contribution in [0.3, 0.4) is 0 Å². The van der Waals surface area contributed by atoms with Gasteiger partial charge in [0.15, 0.2) is 0 Å². The molecule has 0 fully saturated rings. The Labute approximate surface area is 105 Å². The highest BCUT2D eigenvalue weighted by atomic mass is 16.5. The van der Waals surface area contributed by atoms with Crippen molar-refractivity contribution in [3.05, 3.63) is 23.8 Å². The zero-order valence-corrected chi connectivity index (χ0v) is 10.2. The number of ether oxygens (including phenoxy) is 2.